The van der Waals surface area contributed by atoms with Crippen molar-refractivity contribution in [3.05, 3.63) is 35.4 Å². The van der Waals surface area contributed by atoms with Crippen LogP contribution in [0.25, 0.3) is 0 Å². The molecule has 1 saturated heterocycles. The summed E-state index contributed by atoms with van der Waals surface area (Å²) in [5.41, 5.74) is 6.64. The maximum atomic E-state index is 12.3. The third kappa shape index (κ3) is 3.83. The van der Waals surface area contributed by atoms with Gasteiger partial charge >= 0.3 is 0 Å². The van der Waals surface area contributed by atoms with Gasteiger partial charge in [0, 0.05) is 30.1 Å². The van der Waals surface area contributed by atoms with Crippen LogP contribution >= 0.6 is 0 Å². The zero-order valence-corrected chi connectivity index (χ0v) is 11.7. The van der Waals surface area contributed by atoms with Gasteiger partial charge in [0.05, 0.1) is 0 Å². The lowest BCUT2D eigenvalue weighted by Crippen LogP contribution is -2.41. The summed E-state index contributed by atoms with van der Waals surface area (Å²) in [6, 6.07) is 6.96. The summed E-state index contributed by atoms with van der Waals surface area (Å²) in [5.74, 6) is 4.89. The fourth-order valence-electron chi connectivity index (χ4n) is 2.39. The maximum absolute atomic E-state index is 12.3. The van der Waals surface area contributed by atoms with E-state index in [1.54, 1.807) is 29.2 Å². The Morgan fingerprint density at radius 3 is 2.38 bits per heavy atom. The highest BCUT2D eigenvalue weighted by Gasteiger charge is 2.26. The molecule has 0 unspecified atom stereocenters. The molecule has 1 aromatic carbocycles. The average molecular weight is 286 g/mol. The molecule has 3 N–H and O–H groups in total. The minimum absolute atomic E-state index is 0.0420. The fourth-order valence-corrected chi connectivity index (χ4v) is 2.39. The van der Waals surface area contributed by atoms with E-state index in [0.717, 1.165) is 5.56 Å². The molecular weight excluding hydrogens is 268 g/mol. The predicted octanol–water partition coefficient (Wildman–Crippen LogP) is 0.368. The first-order valence-electron chi connectivity index (χ1n) is 6.90. The number of hydrogen-bond acceptors (Lipinski definition) is 3. The first kappa shape index (κ1) is 15.1. The minimum atomic E-state index is -0.283. The Balaban J connectivity index is 1.99. The number of nitrogens with two attached hydrogens (primary N) is 1. The molecular formula is C16H18N2O3. The number of aliphatic hydroxyl groups excluding tert-OH is 1. The molecule has 21 heavy (non-hydrogen) atoms. The molecule has 110 valence electrons. The standard InChI is InChI=1S/C16H18N2O3/c17-15(20)13-7-9-18(10-8-13)16(21)14-5-3-12(4-6-14)2-1-11-19/h3-6,13,19H,7-11H2,(H2,17,20). The molecule has 0 spiro atoms. The van der Waals surface area contributed by atoms with Gasteiger partial charge in [-0.15, -0.1) is 0 Å². The van der Waals surface area contributed by atoms with Gasteiger partial charge in [0.2, 0.25) is 5.91 Å². The third-order valence-electron chi connectivity index (χ3n) is 3.63. The smallest absolute Gasteiger partial charge is 0.253 e. The summed E-state index contributed by atoms with van der Waals surface area (Å²) in [7, 11) is 0. The van der Waals surface area contributed by atoms with Crippen molar-refractivity contribution in [3.63, 3.8) is 0 Å². The van der Waals surface area contributed by atoms with E-state index >= 15 is 0 Å². The van der Waals surface area contributed by atoms with Gasteiger partial charge in [-0.1, -0.05) is 11.8 Å². The van der Waals surface area contributed by atoms with Crippen molar-refractivity contribution in [2.75, 3.05) is 19.7 Å². The molecule has 0 bridgehead atoms. The molecule has 2 amide bonds. The first-order chi connectivity index (χ1) is 10.1. The van der Waals surface area contributed by atoms with E-state index in [1.165, 1.54) is 0 Å². The van der Waals surface area contributed by atoms with Crippen LogP contribution in [0.4, 0.5) is 0 Å². The SMILES string of the molecule is NC(=O)C1CCN(C(=O)c2ccc(C#CCO)cc2)CC1. The van der Waals surface area contributed by atoms with Crippen LogP contribution in [0.5, 0.6) is 0 Å². The largest absolute Gasteiger partial charge is 0.384 e. The number of aliphatic hydroxyl groups is 1. The van der Waals surface area contributed by atoms with Gasteiger partial charge in [-0.05, 0) is 37.1 Å². The molecule has 5 nitrogen and oxygen atoms in total. The highest BCUT2D eigenvalue weighted by Crippen LogP contribution is 2.18. The van der Waals surface area contributed by atoms with Gasteiger partial charge < -0.3 is 15.7 Å². The molecule has 2 rings (SSSR count). The van der Waals surface area contributed by atoms with Crippen LogP contribution in [0.3, 0.4) is 0 Å². The normalized spacial score (nSPS) is 15.2. The second-order valence-corrected chi connectivity index (χ2v) is 5.01. The molecule has 1 aromatic rings. The number of benzene rings is 1. The van der Waals surface area contributed by atoms with Crippen LogP contribution < -0.4 is 5.73 Å². The van der Waals surface area contributed by atoms with Crippen LogP contribution in [0.1, 0.15) is 28.8 Å². The number of piperidine rings is 1. The van der Waals surface area contributed by atoms with E-state index in [-0.39, 0.29) is 24.3 Å². The second-order valence-electron chi connectivity index (χ2n) is 5.01. The van der Waals surface area contributed by atoms with Crippen LogP contribution in [0.2, 0.25) is 0 Å². The Morgan fingerprint density at radius 1 is 1.24 bits per heavy atom. The van der Waals surface area contributed by atoms with Gasteiger partial charge in [-0.3, -0.25) is 9.59 Å². The zero-order chi connectivity index (χ0) is 15.2. The summed E-state index contributed by atoms with van der Waals surface area (Å²) >= 11 is 0. The monoisotopic (exact) mass is 286 g/mol. The third-order valence-corrected chi connectivity index (χ3v) is 3.63. The van der Waals surface area contributed by atoms with Crippen molar-refractivity contribution in [1.29, 1.82) is 0 Å². The van der Waals surface area contributed by atoms with Crippen molar-refractivity contribution < 1.29 is 14.7 Å². The van der Waals surface area contributed by atoms with Gasteiger partial charge in [-0.2, -0.15) is 0 Å². The Bertz CT molecular complexity index is 576. The lowest BCUT2D eigenvalue weighted by atomic mass is 9.96. The van der Waals surface area contributed by atoms with E-state index in [4.69, 9.17) is 10.8 Å². The topological polar surface area (TPSA) is 83.6 Å². The van der Waals surface area contributed by atoms with Crippen LogP contribution in [-0.2, 0) is 4.79 Å². The summed E-state index contributed by atoms with van der Waals surface area (Å²) in [6.45, 7) is 0.923. The van der Waals surface area contributed by atoms with E-state index in [0.29, 0.717) is 31.5 Å². The van der Waals surface area contributed by atoms with Crippen LogP contribution in [0, 0.1) is 17.8 Å². The lowest BCUT2D eigenvalue weighted by molar-refractivity contribution is -0.123. The average Bonchev–Trinajstić information content (AvgIpc) is 2.53. The summed E-state index contributed by atoms with van der Waals surface area (Å²) < 4.78 is 0. The van der Waals surface area contributed by atoms with E-state index in [9.17, 15) is 9.59 Å². The Labute approximate surface area is 123 Å². The van der Waals surface area contributed by atoms with E-state index in [1.807, 2.05) is 0 Å². The van der Waals surface area contributed by atoms with Crippen LogP contribution in [-0.4, -0.2) is 41.5 Å². The molecule has 0 radical (unpaired) electrons. The predicted molar refractivity (Wildman–Crippen MR) is 78.2 cm³/mol. The molecule has 0 aromatic heterocycles. The van der Waals surface area contributed by atoms with Gasteiger partial charge in [0.25, 0.3) is 5.91 Å². The molecule has 1 aliphatic rings. The van der Waals surface area contributed by atoms with Crippen molar-refractivity contribution in [3.8, 4) is 11.8 Å². The summed E-state index contributed by atoms with van der Waals surface area (Å²) in [5, 5.41) is 8.63. The number of rotatable bonds is 2. The number of carbonyl (C=O) groups excluding carboxylic acids is 2. The molecule has 0 saturated carbocycles. The number of amides is 2. The van der Waals surface area contributed by atoms with Gasteiger partial charge in [0.1, 0.15) is 6.61 Å². The van der Waals surface area contributed by atoms with Gasteiger partial charge in [0.15, 0.2) is 0 Å². The maximum Gasteiger partial charge on any atom is 0.253 e. The highest BCUT2D eigenvalue weighted by molar-refractivity contribution is 5.94. The lowest BCUT2D eigenvalue weighted by Gasteiger charge is -2.30. The van der Waals surface area contributed by atoms with E-state index < -0.39 is 0 Å². The second kappa shape index (κ2) is 6.91. The molecule has 0 aliphatic carbocycles. The number of likely N-dealkylation sites (tertiary alicyclic amines) is 1. The van der Waals surface area contributed by atoms with Crippen molar-refractivity contribution in [2.45, 2.75) is 12.8 Å². The Kier molecular flexibility index (Phi) is 4.96. The summed E-state index contributed by atoms with van der Waals surface area (Å²) in [4.78, 5) is 25.2. The number of primary amides is 1. The quantitative estimate of drug-likeness (QED) is 0.770. The molecule has 0 atom stereocenters. The first-order valence-corrected chi connectivity index (χ1v) is 6.90. The zero-order valence-electron chi connectivity index (χ0n) is 11.7. The van der Waals surface area contributed by atoms with Crippen molar-refractivity contribution >= 4 is 11.8 Å². The summed E-state index contributed by atoms with van der Waals surface area (Å²) in [6.07, 6.45) is 1.25. The fraction of sp³-hybridized carbons (Fsp3) is 0.375. The van der Waals surface area contributed by atoms with Crippen molar-refractivity contribution in [2.24, 2.45) is 11.7 Å². The molecule has 1 heterocycles. The highest BCUT2D eigenvalue weighted by atomic mass is 16.2. The van der Waals surface area contributed by atoms with E-state index in [2.05, 4.69) is 11.8 Å². The Hall–Kier alpha value is -2.32. The van der Waals surface area contributed by atoms with Crippen LogP contribution in [0.15, 0.2) is 24.3 Å². The Morgan fingerprint density at radius 2 is 1.86 bits per heavy atom. The number of carbonyl (C=O) groups is 2. The molecule has 1 fully saturated rings. The number of nitrogens with zero attached hydrogens (tertiary/aromatic N) is 1. The molecule has 1 aliphatic heterocycles. The minimum Gasteiger partial charge on any atom is -0.384 e. The van der Waals surface area contributed by atoms with Gasteiger partial charge in [-0.25, -0.2) is 0 Å². The van der Waals surface area contributed by atoms with Crippen molar-refractivity contribution in [1.82, 2.24) is 4.90 Å². The molecule has 5 heteroatoms. The number of hydrogen-bond donors (Lipinski definition) is 2.